The summed E-state index contributed by atoms with van der Waals surface area (Å²) in [5.41, 5.74) is 1.61. The number of allylic oxidation sites excluding steroid dienone is 1. The molecule has 1 aliphatic heterocycles. The molecule has 2 rings (SSSR count). The van der Waals surface area contributed by atoms with Crippen molar-refractivity contribution >= 4 is 0 Å². The molecule has 0 spiro atoms. The second-order valence-electron chi connectivity index (χ2n) is 5.01. The van der Waals surface area contributed by atoms with Crippen molar-refractivity contribution in [2.45, 2.75) is 39.2 Å². The first-order valence-corrected chi connectivity index (χ1v) is 7.04. The summed E-state index contributed by atoms with van der Waals surface area (Å²) in [5, 5.41) is 3.38. The largest absolute Gasteiger partial charge is 0.496 e. The number of aryl methyl sites for hydroxylation is 1. The lowest BCUT2D eigenvalue weighted by Crippen LogP contribution is -2.27. The maximum atomic E-state index is 14.2. The van der Waals surface area contributed by atoms with E-state index in [1.807, 2.05) is 19.1 Å². The molecule has 3 heteroatoms. The van der Waals surface area contributed by atoms with Crippen LogP contribution in [0.4, 0.5) is 4.39 Å². The van der Waals surface area contributed by atoms with Crippen LogP contribution in [-0.4, -0.2) is 13.2 Å². The number of rotatable bonds is 5. The number of ether oxygens (including phenoxy) is 1. The number of nitrogens with one attached hydrogen (secondary N) is 1. The summed E-state index contributed by atoms with van der Waals surface area (Å²) in [7, 11) is 0. The average molecular weight is 263 g/mol. The molecule has 1 aromatic carbocycles. The van der Waals surface area contributed by atoms with Gasteiger partial charge in [-0.2, -0.15) is 0 Å². The van der Waals surface area contributed by atoms with Crippen molar-refractivity contribution in [1.29, 1.82) is 0 Å². The van der Waals surface area contributed by atoms with E-state index in [2.05, 4.69) is 18.3 Å². The van der Waals surface area contributed by atoms with Crippen LogP contribution >= 0.6 is 0 Å². The lowest BCUT2D eigenvalue weighted by Gasteiger charge is -2.25. The van der Waals surface area contributed by atoms with E-state index in [0.29, 0.717) is 5.56 Å². The number of halogens is 1. The topological polar surface area (TPSA) is 21.3 Å². The van der Waals surface area contributed by atoms with Crippen LogP contribution in [0.5, 0.6) is 0 Å². The van der Waals surface area contributed by atoms with Crippen LogP contribution < -0.4 is 5.32 Å². The van der Waals surface area contributed by atoms with Gasteiger partial charge < -0.3 is 10.1 Å². The highest BCUT2D eigenvalue weighted by Crippen LogP contribution is 2.28. The Labute approximate surface area is 114 Å². The fraction of sp³-hybridized carbons (Fsp3) is 0.500. The molecule has 2 nitrogen and oxygen atoms in total. The smallest absolute Gasteiger partial charge is 0.128 e. The van der Waals surface area contributed by atoms with Gasteiger partial charge in [0.05, 0.1) is 12.6 Å². The Hall–Kier alpha value is -1.35. The van der Waals surface area contributed by atoms with E-state index >= 15 is 0 Å². The molecule has 1 aromatic rings. The van der Waals surface area contributed by atoms with E-state index in [1.54, 1.807) is 6.07 Å². The van der Waals surface area contributed by atoms with Gasteiger partial charge in [-0.3, -0.25) is 0 Å². The van der Waals surface area contributed by atoms with Gasteiger partial charge >= 0.3 is 0 Å². The van der Waals surface area contributed by atoms with Gasteiger partial charge in [-0.1, -0.05) is 19.1 Å². The summed E-state index contributed by atoms with van der Waals surface area (Å²) in [4.78, 5) is 0. The first-order valence-electron chi connectivity index (χ1n) is 7.04. The van der Waals surface area contributed by atoms with Crippen molar-refractivity contribution in [2.24, 2.45) is 0 Å². The van der Waals surface area contributed by atoms with E-state index in [4.69, 9.17) is 4.74 Å². The van der Waals surface area contributed by atoms with Crippen molar-refractivity contribution in [2.75, 3.05) is 13.2 Å². The van der Waals surface area contributed by atoms with Crippen molar-refractivity contribution < 1.29 is 9.13 Å². The van der Waals surface area contributed by atoms with E-state index in [0.717, 1.165) is 43.7 Å². The zero-order chi connectivity index (χ0) is 13.7. The average Bonchev–Trinajstić information content (AvgIpc) is 2.42. The van der Waals surface area contributed by atoms with Gasteiger partial charge in [0, 0.05) is 5.56 Å². The third kappa shape index (κ3) is 3.57. The fourth-order valence-electron chi connectivity index (χ4n) is 2.30. The van der Waals surface area contributed by atoms with Crippen LogP contribution in [0.3, 0.4) is 0 Å². The van der Waals surface area contributed by atoms with Crippen molar-refractivity contribution in [1.82, 2.24) is 5.32 Å². The third-order valence-corrected chi connectivity index (χ3v) is 3.31. The molecule has 0 radical (unpaired) electrons. The molecule has 104 valence electrons. The molecule has 19 heavy (non-hydrogen) atoms. The molecular weight excluding hydrogens is 241 g/mol. The molecule has 1 aliphatic rings. The monoisotopic (exact) mass is 263 g/mol. The number of benzene rings is 1. The van der Waals surface area contributed by atoms with Crippen LogP contribution in [0.1, 0.15) is 43.4 Å². The molecule has 1 N–H and O–H groups in total. The van der Waals surface area contributed by atoms with Crippen molar-refractivity contribution in [3.05, 3.63) is 47.0 Å². The van der Waals surface area contributed by atoms with Crippen LogP contribution in [-0.2, 0) is 4.74 Å². The van der Waals surface area contributed by atoms with Gasteiger partial charge in [-0.05, 0) is 50.4 Å². The third-order valence-electron chi connectivity index (χ3n) is 3.31. The minimum absolute atomic E-state index is 0.163. The van der Waals surface area contributed by atoms with E-state index in [9.17, 15) is 4.39 Å². The zero-order valence-electron chi connectivity index (χ0n) is 11.7. The van der Waals surface area contributed by atoms with Crippen LogP contribution in [0.25, 0.3) is 0 Å². The van der Waals surface area contributed by atoms with E-state index < -0.39 is 0 Å². The lowest BCUT2D eigenvalue weighted by atomic mass is 10.0. The molecular formula is C16H22FNO. The van der Waals surface area contributed by atoms with Crippen LogP contribution in [0, 0.1) is 12.7 Å². The molecule has 1 unspecified atom stereocenters. The summed E-state index contributed by atoms with van der Waals surface area (Å²) in [6.07, 6.45) is 5.14. The van der Waals surface area contributed by atoms with Crippen molar-refractivity contribution in [3.8, 4) is 0 Å². The molecule has 0 saturated heterocycles. The predicted octanol–water partition coefficient (Wildman–Crippen LogP) is 3.87. The highest BCUT2D eigenvalue weighted by molar-refractivity contribution is 5.31. The molecule has 0 amide bonds. The van der Waals surface area contributed by atoms with Crippen molar-refractivity contribution in [3.63, 3.8) is 0 Å². The molecule has 0 aliphatic carbocycles. The van der Waals surface area contributed by atoms with E-state index in [-0.39, 0.29) is 11.9 Å². The molecule has 1 atom stereocenters. The van der Waals surface area contributed by atoms with Gasteiger partial charge in [-0.25, -0.2) is 4.39 Å². The summed E-state index contributed by atoms with van der Waals surface area (Å²) in [6, 6.07) is 5.22. The predicted molar refractivity (Wildman–Crippen MR) is 75.4 cm³/mol. The fourth-order valence-corrected chi connectivity index (χ4v) is 2.30. The molecule has 0 aromatic heterocycles. The Morgan fingerprint density at radius 2 is 2.26 bits per heavy atom. The Balaban J connectivity index is 2.27. The first-order chi connectivity index (χ1) is 9.22. The van der Waals surface area contributed by atoms with Gasteiger partial charge in [0.15, 0.2) is 0 Å². The Bertz CT molecular complexity index is 456. The van der Waals surface area contributed by atoms with E-state index in [1.165, 1.54) is 0 Å². The summed E-state index contributed by atoms with van der Waals surface area (Å²) < 4.78 is 19.9. The lowest BCUT2D eigenvalue weighted by molar-refractivity contribution is 0.166. The molecule has 1 heterocycles. The second kappa shape index (κ2) is 6.71. The summed E-state index contributed by atoms with van der Waals surface area (Å²) in [6.45, 7) is 5.58. The summed E-state index contributed by atoms with van der Waals surface area (Å²) >= 11 is 0. The maximum absolute atomic E-state index is 14.2. The van der Waals surface area contributed by atoms with Crippen LogP contribution in [0.2, 0.25) is 0 Å². The Morgan fingerprint density at radius 3 is 2.89 bits per heavy atom. The SMILES string of the molecule is CCCNC(C1=CCCCO1)c1ccc(C)cc1F. The highest BCUT2D eigenvalue weighted by atomic mass is 19.1. The minimum Gasteiger partial charge on any atom is -0.496 e. The molecule has 0 bridgehead atoms. The van der Waals surface area contributed by atoms with Gasteiger partial charge in [0.1, 0.15) is 11.6 Å². The highest BCUT2D eigenvalue weighted by Gasteiger charge is 2.22. The number of hydrogen-bond donors (Lipinski definition) is 1. The number of hydrogen-bond acceptors (Lipinski definition) is 2. The maximum Gasteiger partial charge on any atom is 0.128 e. The molecule has 0 fully saturated rings. The quantitative estimate of drug-likeness (QED) is 0.870. The van der Waals surface area contributed by atoms with Gasteiger partial charge in [-0.15, -0.1) is 0 Å². The standard InChI is InChI=1S/C16H22FNO/c1-3-9-18-16(15-6-4-5-10-19-15)13-8-7-12(2)11-14(13)17/h6-8,11,16,18H,3-5,9-10H2,1-2H3. The second-order valence-corrected chi connectivity index (χ2v) is 5.01. The summed E-state index contributed by atoms with van der Waals surface area (Å²) in [5.74, 6) is 0.700. The first kappa shape index (κ1) is 14.1. The zero-order valence-corrected chi connectivity index (χ0v) is 11.7. The Morgan fingerprint density at radius 1 is 1.42 bits per heavy atom. The molecule has 0 saturated carbocycles. The van der Waals surface area contributed by atoms with Crippen LogP contribution in [0.15, 0.2) is 30.0 Å². The minimum atomic E-state index is -0.166. The van der Waals surface area contributed by atoms with Gasteiger partial charge in [0.2, 0.25) is 0 Å². The Kier molecular flexibility index (Phi) is 4.97. The van der Waals surface area contributed by atoms with Gasteiger partial charge in [0.25, 0.3) is 0 Å². The normalized spacial score (nSPS) is 16.7.